The number of aromatic nitrogens is 1. The lowest BCUT2D eigenvalue weighted by molar-refractivity contribution is -0.384. The number of benzene rings is 1. The molecule has 2 aromatic rings. The molecule has 1 aliphatic carbocycles. The lowest BCUT2D eigenvalue weighted by atomic mass is 9.84. The summed E-state index contributed by atoms with van der Waals surface area (Å²) < 4.78 is 44.6. The summed E-state index contributed by atoms with van der Waals surface area (Å²) in [7, 11) is 0. The van der Waals surface area contributed by atoms with Gasteiger partial charge in [0.1, 0.15) is 5.52 Å². The van der Waals surface area contributed by atoms with Gasteiger partial charge >= 0.3 is 6.18 Å². The van der Waals surface area contributed by atoms with Crippen LogP contribution in [-0.4, -0.2) is 22.1 Å². The summed E-state index contributed by atoms with van der Waals surface area (Å²) in [6, 6.07) is 3.35. The van der Waals surface area contributed by atoms with E-state index in [2.05, 4.69) is 10.3 Å². The van der Waals surface area contributed by atoms with Crippen molar-refractivity contribution >= 4 is 16.8 Å². The zero-order chi connectivity index (χ0) is 17.3. The highest BCUT2D eigenvalue weighted by Crippen LogP contribution is 2.37. The molecule has 1 aromatic carbocycles. The van der Waals surface area contributed by atoms with Crippen LogP contribution in [0, 0.1) is 16.0 Å². The minimum absolute atomic E-state index is 0.0553. The van der Waals surface area contributed by atoms with Crippen LogP contribution in [0.2, 0.25) is 0 Å². The van der Waals surface area contributed by atoms with Gasteiger partial charge in [0.25, 0.3) is 5.69 Å². The van der Waals surface area contributed by atoms with Crippen molar-refractivity contribution in [2.45, 2.75) is 44.4 Å². The molecule has 130 valence electrons. The zero-order valence-electron chi connectivity index (χ0n) is 12.7. The van der Waals surface area contributed by atoms with Crippen molar-refractivity contribution in [1.82, 2.24) is 10.3 Å². The number of hydrogen-bond acceptors (Lipinski definition) is 5. The van der Waals surface area contributed by atoms with Crippen LogP contribution in [0.3, 0.4) is 0 Å². The third kappa shape index (κ3) is 3.50. The summed E-state index contributed by atoms with van der Waals surface area (Å²) in [4.78, 5) is 14.3. The van der Waals surface area contributed by atoms with Crippen LogP contribution < -0.4 is 5.32 Å². The Hall–Kier alpha value is -2.16. The van der Waals surface area contributed by atoms with E-state index in [0.29, 0.717) is 23.9 Å². The normalized spacial score (nSPS) is 22.0. The molecule has 2 atom stereocenters. The highest BCUT2D eigenvalue weighted by molar-refractivity contribution is 5.75. The SMILES string of the molecule is O=[N+]([O-])c1ccc2oc(CN[C@@H]3CCCC[C@@H]3C(F)(F)F)nc2c1. The van der Waals surface area contributed by atoms with Gasteiger partial charge < -0.3 is 9.73 Å². The number of nitro groups is 1. The zero-order valence-corrected chi connectivity index (χ0v) is 12.7. The number of fused-ring (bicyclic) bond motifs is 1. The van der Waals surface area contributed by atoms with Crippen LogP contribution in [0.4, 0.5) is 18.9 Å². The van der Waals surface area contributed by atoms with E-state index in [1.54, 1.807) is 0 Å². The summed E-state index contributed by atoms with van der Waals surface area (Å²) in [5.74, 6) is -1.14. The number of nitro benzene ring substituents is 1. The number of non-ortho nitro benzene ring substituents is 1. The van der Waals surface area contributed by atoms with E-state index in [0.717, 1.165) is 6.42 Å². The van der Waals surface area contributed by atoms with Crippen LogP contribution in [0.5, 0.6) is 0 Å². The van der Waals surface area contributed by atoms with Crippen molar-refractivity contribution in [3.63, 3.8) is 0 Å². The second-order valence-corrected chi connectivity index (χ2v) is 5.94. The molecule has 1 N–H and O–H groups in total. The van der Waals surface area contributed by atoms with Crippen molar-refractivity contribution < 1.29 is 22.5 Å². The highest BCUT2D eigenvalue weighted by Gasteiger charge is 2.45. The molecule has 0 unspecified atom stereocenters. The van der Waals surface area contributed by atoms with Gasteiger partial charge in [-0.1, -0.05) is 12.8 Å². The van der Waals surface area contributed by atoms with Crippen LogP contribution in [0.25, 0.3) is 11.1 Å². The first-order valence-electron chi connectivity index (χ1n) is 7.68. The fourth-order valence-corrected chi connectivity index (χ4v) is 3.14. The molecule has 24 heavy (non-hydrogen) atoms. The molecule has 0 radical (unpaired) electrons. The Bertz CT molecular complexity index is 744. The fourth-order valence-electron chi connectivity index (χ4n) is 3.14. The smallest absolute Gasteiger partial charge is 0.393 e. The fraction of sp³-hybridized carbons (Fsp3) is 0.533. The lowest BCUT2D eigenvalue weighted by Crippen LogP contribution is -2.45. The molecular formula is C15H16F3N3O3. The van der Waals surface area contributed by atoms with E-state index in [4.69, 9.17) is 4.42 Å². The van der Waals surface area contributed by atoms with Gasteiger partial charge in [0, 0.05) is 18.2 Å². The molecular weight excluding hydrogens is 327 g/mol. The largest absolute Gasteiger partial charge is 0.439 e. The first-order chi connectivity index (χ1) is 11.3. The summed E-state index contributed by atoms with van der Waals surface area (Å²) in [5, 5.41) is 13.6. The second kappa shape index (κ2) is 6.39. The number of halogens is 3. The summed E-state index contributed by atoms with van der Waals surface area (Å²) in [6.07, 6.45) is -2.31. The molecule has 0 amide bonds. The van der Waals surface area contributed by atoms with Gasteiger partial charge in [-0.2, -0.15) is 13.2 Å². The molecule has 0 saturated heterocycles. The van der Waals surface area contributed by atoms with Crippen LogP contribution in [0.15, 0.2) is 22.6 Å². The van der Waals surface area contributed by atoms with Gasteiger partial charge in [-0.15, -0.1) is 0 Å². The molecule has 3 rings (SSSR count). The maximum absolute atomic E-state index is 13.1. The van der Waals surface area contributed by atoms with E-state index in [-0.39, 0.29) is 24.5 Å². The van der Waals surface area contributed by atoms with Crippen molar-refractivity contribution in [3.8, 4) is 0 Å². The maximum Gasteiger partial charge on any atom is 0.393 e. The summed E-state index contributed by atoms with van der Waals surface area (Å²) >= 11 is 0. The van der Waals surface area contributed by atoms with Gasteiger partial charge in [-0.25, -0.2) is 4.98 Å². The number of hydrogen-bond donors (Lipinski definition) is 1. The van der Waals surface area contributed by atoms with Crippen molar-refractivity contribution in [2.75, 3.05) is 0 Å². The van der Waals surface area contributed by atoms with Gasteiger partial charge in [0.15, 0.2) is 5.58 Å². The Kier molecular flexibility index (Phi) is 4.44. The molecule has 1 fully saturated rings. The van der Waals surface area contributed by atoms with Crippen molar-refractivity contribution in [1.29, 1.82) is 0 Å². The summed E-state index contributed by atoms with van der Waals surface area (Å²) in [5.41, 5.74) is 0.574. The third-order valence-electron chi connectivity index (χ3n) is 4.33. The Morgan fingerprint density at radius 3 is 2.79 bits per heavy atom. The van der Waals surface area contributed by atoms with Crippen LogP contribution >= 0.6 is 0 Å². The average Bonchev–Trinajstić information content (AvgIpc) is 2.94. The van der Waals surface area contributed by atoms with E-state index in [1.165, 1.54) is 18.2 Å². The quantitative estimate of drug-likeness (QED) is 0.671. The van der Waals surface area contributed by atoms with Gasteiger partial charge in [0.05, 0.1) is 17.4 Å². The molecule has 9 heteroatoms. The molecule has 1 aliphatic rings. The molecule has 0 aliphatic heterocycles. The number of oxazole rings is 1. The number of nitrogens with zero attached hydrogens (tertiary/aromatic N) is 2. The third-order valence-corrected chi connectivity index (χ3v) is 4.33. The van der Waals surface area contributed by atoms with Gasteiger partial charge in [-0.05, 0) is 18.9 Å². The van der Waals surface area contributed by atoms with Crippen molar-refractivity contribution in [2.24, 2.45) is 5.92 Å². The lowest BCUT2D eigenvalue weighted by Gasteiger charge is -2.33. The maximum atomic E-state index is 13.1. The van der Waals surface area contributed by atoms with E-state index < -0.39 is 23.1 Å². The second-order valence-electron chi connectivity index (χ2n) is 5.94. The standard InChI is InChI=1S/C15H16F3N3O3/c16-15(17,18)10-3-1-2-4-11(10)19-8-14-20-12-7-9(21(22)23)5-6-13(12)24-14/h5-7,10-11,19H,1-4,8H2/t10-,11+/m0/s1. The first-order valence-corrected chi connectivity index (χ1v) is 7.68. The van der Waals surface area contributed by atoms with Crippen LogP contribution in [-0.2, 0) is 6.54 Å². The first kappa shape index (κ1) is 16.7. The Morgan fingerprint density at radius 2 is 2.08 bits per heavy atom. The summed E-state index contributed by atoms with van der Waals surface area (Å²) in [6.45, 7) is 0.0553. The van der Waals surface area contributed by atoms with E-state index in [1.807, 2.05) is 0 Å². The predicted molar refractivity (Wildman–Crippen MR) is 79.3 cm³/mol. The minimum Gasteiger partial charge on any atom is -0.439 e. The Balaban J connectivity index is 1.71. The molecule has 1 aromatic heterocycles. The Labute approximate surface area is 135 Å². The Morgan fingerprint density at radius 1 is 1.33 bits per heavy atom. The molecule has 0 bridgehead atoms. The molecule has 6 nitrogen and oxygen atoms in total. The topological polar surface area (TPSA) is 81.2 Å². The number of alkyl halides is 3. The van der Waals surface area contributed by atoms with Crippen molar-refractivity contribution in [3.05, 3.63) is 34.2 Å². The van der Waals surface area contributed by atoms with Gasteiger partial charge in [-0.3, -0.25) is 10.1 Å². The van der Waals surface area contributed by atoms with Crippen LogP contribution in [0.1, 0.15) is 31.6 Å². The van der Waals surface area contributed by atoms with E-state index >= 15 is 0 Å². The predicted octanol–water partition coefficient (Wildman–Crippen LogP) is 3.95. The van der Waals surface area contributed by atoms with E-state index in [9.17, 15) is 23.3 Å². The van der Waals surface area contributed by atoms with Gasteiger partial charge in [0.2, 0.25) is 5.89 Å². The minimum atomic E-state index is -4.22. The number of rotatable bonds is 4. The average molecular weight is 343 g/mol. The molecule has 1 heterocycles. The molecule has 0 spiro atoms. The monoisotopic (exact) mass is 343 g/mol. The highest BCUT2D eigenvalue weighted by atomic mass is 19.4. The molecule has 1 saturated carbocycles. The number of nitrogens with one attached hydrogen (secondary N) is 1.